The predicted molar refractivity (Wildman–Crippen MR) is 67.2 cm³/mol. The first kappa shape index (κ1) is 10.7. The number of benzene rings is 1. The quantitative estimate of drug-likeness (QED) is 0.750. The minimum Gasteiger partial charge on any atom is -0.325 e. The van der Waals surface area contributed by atoms with Gasteiger partial charge in [0, 0.05) is 18.1 Å². The number of para-hydroxylation sites is 1. The monoisotopic (exact) mass is 248 g/mol. The van der Waals surface area contributed by atoms with E-state index in [1.54, 1.807) is 28.8 Å². The average Bonchev–Trinajstić information content (AvgIpc) is 2.48. The van der Waals surface area contributed by atoms with Crippen molar-refractivity contribution < 1.29 is 9.59 Å². The number of rotatable bonds is 0. The van der Waals surface area contributed by atoms with Crippen LogP contribution in [0.2, 0.25) is 0 Å². The Balaban J connectivity index is 2.07. The van der Waals surface area contributed by atoms with Gasteiger partial charge in [-0.05, 0) is 12.1 Å². The van der Waals surface area contributed by atoms with Gasteiger partial charge in [0.15, 0.2) is 0 Å². The number of fused-ring (bicyclic) bond motifs is 2. The summed E-state index contributed by atoms with van der Waals surface area (Å²) >= 11 is 1.72. The summed E-state index contributed by atoms with van der Waals surface area (Å²) in [6.07, 6.45) is 0. The van der Waals surface area contributed by atoms with E-state index in [4.69, 9.17) is 0 Å². The number of hydrogen-bond donors (Lipinski definition) is 1. The van der Waals surface area contributed by atoms with E-state index in [2.05, 4.69) is 5.32 Å². The lowest BCUT2D eigenvalue weighted by Crippen LogP contribution is -2.50. The maximum absolute atomic E-state index is 12.3. The minimum atomic E-state index is -0.325. The van der Waals surface area contributed by atoms with Crippen LogP contribution < -0.4 is 5.32 Å². The third-order valence-electron chi connectivity index (χ3n) is 3.11. The fourth-order valence-corrected chi connectivity index (χ4v) is 3.26. The molecule has 17 heavy (non-hydrogen) atoms. The fourth-order valence-electron chi connectivity index (χ4n) is 2.21. The first-order chi connectivity index (χ1) is 8.27. The number of carbonyl (C=O) groups excluding carboxylic acids is 2. The summed E-state index contributed by atoms with van der Waals surface area (Å²) in [4.78, 5) is 26.1. The number of hydrogen-bond acceptors (Lipinski definition) is 3. The summed E-state index contributed by atoms with van der Waals surface area (Å²) in [6.45, 7) is 0.649. The van der Waals surface area contributed by atoms with Crippen molar-refractivity contribution in [2.24, 2.45) is 0 Å². The highest BCUT2D eigenvalue weighted by molar-refractivity contribution is 7.99. The van der Waals surface area contributed by atoms with Crippen LogP contribution in [0.15, 0.2) is 24.3 Å². The van der Waals surface area contributed by atoms with Crippen molar-refractivity contribution in [1.29, 1.82) is 0 Å². The lowest BCUT2D eigenvalue weighted by molar-refractivity contribution is -0.119. The van der Waals surface area contributed by atoms with E-state index in [0.29, 0.717) is 23.5 Å². The number of nitrogens with zero attached hydrogens (tertiary/aromatic N) is 1. The number of carbonyl (C=O) groups is 2. The van der Waals surface area contributed by atoms with Crippen LogP contribution in [-0.2, 0) is 4.79 Å². The third-order valence-corrected chi connectivity index (χ3v) is 4.13. The van der Waals surface area contributed by atoms with Crippen molar-refractivity contribution >= 4 is 29.3 Å². The van der Waals surface area contributed by atoms with E-state index >= 15 is 0 Å². The number of thioether (sulfide) groups is 1. The van der Waals surface area contributed by atoms with Gasteiger partial charge in [0.05, 0.1) is 11.3 Å². The topological polar surface area (TPSA) is 49.4 Å². The van der Waals surface area contributed by atoms with Gasteiger partial charge >= 0.3 is 0 Å². The number of nitrogens with one attached hydrogen (secondary N) is 1. The molecule has 1 N–H and O–H groups in total. The van der Waals surface area contributed by atoms with Crippen LogP contribution in [0.3, 0.4) is 0 Å². The first-order valence-electron chi connectivity index (χ1n) is 5.56. The van der Waals surface area contributed by atoms with Gasteiger partial charge in [0.1, 0.15) is 6.04 Å². The smallest absolute Gasteiger partial charge is 0.256 e. The summed E-state index contributed by atoms with van der Waals surface area (Å²) < 4.78 is 0. The lowest BCUT2D eigenvalue weighted by atomic mass is 10.1. The second-order valence-electron chi connectivity index (χ2n) is 4.12. The summed E-state index contributed by atoms with van der Waals surface area (Å²) in [5.41, 5.74) is 1.22. The molecule has 0 aliphatic carbocycles. The number of amides is 2. The molecule has 1 fully saturated rings. The van der Waals surface area contributed by atoms with E-state index in [1.165, 1.54) is 0 Å². The maximum Gasteiger partial charge on any atom is 0.256 e. The highest BCUT2D eigenvalue weighted by Crippen LogP contribution is 2.27. The molecule has 88 valence electrons. The highest BCUT2D eigenvalue weighted by Gasteiger charge is 2.36. The Labute approximate surface area is 103 Å². The van der Waals surface area contributed by atoms with Crippen molar-refractivity contribution in [2.75, 3.05) is 23.4 Å². The molecule has 1 atom stereocenters. The predicted octanol–water partition coefficient (Wildman–Crippen LogP) is 1.20. The van der Waals surface area contributed by atoms with Crippen molar-refractivity contribution in [2.45, 2.75) is 6.04 Å². The molecule has 0 saturated carbocycles. The second-order valence-corrected chi connectivity index (χ2v) is 5.27. The van der Waals surface area contributed by atoms with E-state index < -0.39 is 0 Å². The zero-order chi connectivity index (χ0) is 11.8. The van der Waals surface area contributed by atoms with Gasteiger partial charge in [0.2, 0.25) is 5.91 Å². The molecule has 1 aromatic rings. The van der Waals surface area contributed by atoms with Crippen LogP contribution in [0.5, 0.6) is 0 Å². The first-order valence-corrected chi connectivity index (χ1v) is 6.71. The van der Waals surface area contributed by atoms with Gasteiger partial charge in [-0.25, -0.2) is 0 Å². The van der Waals surface area contributed by atoms with Crippen molar-refractivity contribution in [3.05, 3.63) is 29.8 Å². The van der Waals surface area contributed by atoms with E-state index in [1.807, 2.05) is 12.1 Å². The Kier molecular flexibility index (Phi) is 2.55. The van der Waals surface area contributed by atoms with E-state index in [-0.39, 0.29) is 17.9 Å². The van der Waals surface area contributed by atoms with Gasteiger partial charge in [-0.1, -0.05) is 12.1 Å². The summed E-state index contributed by atoms with van der Waals surface area (Å²) in [5, 5.41) is 2.84. The van der Waals surface area contributed by atoms with E-state index in [9.17, 15) is 9.59 Å². The van der Waals surface area contributed by atoms with Gasteiger partial charge in [-0.3, -0.25) is 9.59 Å². The molecule has 0 radical (unpaired) electrons. The summed E-state index contributed by atoms with van der Waals surface area (Å²) in [5.74, 6) is 1.48. The molecule has 0 aromatic heterocycles. The van der Waals surface area contributed by atoms with Gasteiger partial charge in [-0.15, -0.1) is 0 Å². The standard InChI is InChI=1S/C12H12N2O2S/c15-11-10-7-17-6-5-14(10)12(16)8-3-1-2-4-9(8)13-11/h1-4,10H,5-7H2,(H,13,15). The van der Waals surface area contributed by atoms with Crippen molar-refractivity contribution in [3.63, 3.8) is 0 Å². The van der Waals surface area contributed by atoms with E-state index in [0.717, 1.165) is 5.75 Å². The molecule has 2 amide bonds. The normalized spacial score (nSPS) is 23.5. The molecule has 5 heteroatoms. The molecular weight excluding hydrogens is 236 g/mol. The Morgan fingerprint density at radius 3 is 3.00 bits per heavy atom. The molecule has 2 aliphatic rings. The molecule has 3 rings (SSSR count). The van der Waals surface area contributed by atoms with Crippen LogP contribution in [0, 0.1) is 0 Å². The largest absolute Gasteiger partial charge is 0.325 e. The summed E-state index contributed by atoms with van der Waals surface area (Å²) in [7, 11) is 0. The van der Waals surface area contributed by atoms with Gasteiger partial charge in [0.25, 0.3) is 5.91 Å². The molecule has 4 nitrogen and oxygen atoms in total. The van der Waals surface area contributed by atoms with Gasteiger partial charge < -0.3 is 10.2 Å². The van der Waals surface area contributed by atoms with Crippen LogP contribution >= 0.6 is 11.8 Å². The van der Waals surface area contributed by atoms with Crippen molar-refractivity contribution in [3.8, 4) is 0 Å². The molecule has 2 heterocycles. The maximum atomic E-state index is 12.3. The lowest BCUT2D eigenvalue weighted by Gasteiger charge is -2.32. The Bertz CT molecular complexity index is 489. The molecule has 0 spiro atoms. The Morgan fingerprint density at radius 2 is 2.12 bits per heavy atom. The van der Waals surface area contributed by atoms with Crippen LogP contribution in [0.4, 0.5) is 5.69 Å². The van der Waals surface area contributed by atoms with Crippen LogP contribution in [0.1, 0.15) is 10.4 Å². The second kappa shape index (κ2) is 4.07. The minimum absolute atomic E-state index is 0.0377. The zero-order valence-electron chi connectivity index (χ0n) is 9.18. The Hall–Kier alpha value is -1.49. The molecule has 1 saturated heterocycles. The van der Waals surface area contributed by atoms with Gasteiger partial charge in [-0.2, -0.15) is 11.8 Å². The van der Waals surface area contributed by atoms with Crippen LogP contribution in [0.25, 0.3) is 0 Å². The molecule has 1 unspecified atom stereocenters. The fraction of sp³-hybridized carbons (Fsp3) is 0.333. The molecule has 0 bridgehead atoms. The Morgan fingerprint density at radius 1 is 1.29 bits per heavy atom. The molecular formula is C12H12N2O2S. The molecule has 1 aromatic carbocycles. The zero-order valence-corrected chi connectivity index (χ0v) is 10.00. The van der Waals surface area contributed by atoms with Crippen LogP contribution in [-0.4, -0.2) is 40.8 Å². The number of anilines is 1. The SMILES string of the molecule is O=C1Nc2ccccc2C(=O)N2CCSCC12. The average molecular weight is 248 g/mol. The molecule has 2 aliphatic heterocycles. The summed E-state index contributed by atoms with van der Waals surface area (Å²) in [6, 6.07) is 6.86. The van der Waals surface area contributed by atoms with Crippen molar-refractivity contribution in [1.82, 2.24) is 4.90 Å². The third kappa shape index (κ3) is 1.70. The highest BCUT2D eigenvalue weighted by atomic mass is 32.2.